The number of amides is 1. The molecular weight excluding hydrogens is 262 g/mol. The topological polar surface area (TPSA) is 87.7 Å². The van der Waals surface area contributed by atoms with Crippen LogP contribution in [0.2, 0.25) is 0 Å². The molecule has 6 heteroatoms. The summed E-state index contributed by atoms with van der Waals surface area (Å²) in [7, 11) is 0. The predicted molar refractivity (Wildman–Crippen MR) is 67.8 cm³/mol. The third-order valence-corrected chi connectivity index (χ3v) is 2.98. The number of ether oxygens (including phenoxy) is 2. The van der Waals surface area contributed by atoms with Crippen molar-refractivity contribution in [1.82, 2.24) is 5.32 Å². The van der Waals surface area contributed by atoms with E-state index in [1.165, 1.54) is 0 Å². The number of hydrogen-bond acceptors (Lipinski definition) is 5. The highest BCUT2D eigenvalue weighted by molar-refractivity contribution is 5.77. The number of fused-ring (bicyclic) bond motifs is 1. The summed E-state index contributed by atoms with van der Waals surface area (Å²) in [6, 6.07) is 5.45. The summed E-state index contributed by atoms with van der Waals surface area (Å²) in [5, 5.41) is 13.2. The number of aliphatic carboxylic acids is 1. The van der Waals surface area contributed by atoms with E-state index in [0.29, 0.717) is 18.0 Å². The maximum absolute atomic E-state index is 11.7. The Bertz CT molecular complexity index is 514. The molecular formula is C14H16NO5-. The number of benzene rings is 1. The molecule has 1 atom stereocenters. The molecule has 1 aliphatic heterocycles. The van der Waals surface area contributed by atoms with Gasteiger partial charge in [0.15, 0.2) is 11.5 Å². The van der Waals surface area contributed by atoms with Crippen LogP contribution in [0.3, 0.4) is 0 Å². The summed E-state index contributed by atoms with van der Waals surface area (Å²) in [6.45, 7) is 2.29. The molecule has 1 heterocycles. The van der Waals surface area contributed by atoms with E-state index in [0.717, 1.165) is 5.56 Å². The van der Waals surface area contributed by atoms with Gasteiger partial charge in [-0.1, -0.05) is 13.0 Å². The monoisotopic (exact) mass is 278 g/mol. The van der Waals surface area contributed by atoms with Crippen molar-refractivity contribution < 1.29 is 24.2 Å². The Morgan fingerprint density at radius 1 is 1.30 bits per heavy atom. The van der Waals surface area contributed by atoms with Crippen LogP contribution in [0.25, 0.3) is 0 Å². The lowest BCUT2D eigenvalue weighted by Gasteiger charge is -2.12. The van der Waals surface area contributed by atoms with Crippen LogP contribution in [0.1, 0.15) is 25.3 Å². The van der Waals surface area contributed by atoms with Crippen molar-refractivity contribution in [2.24, 2.45) is 5.92 Å². The lowest BCUT2D eigenvalue weighted by atomic mass is 10.0. The molecule has 20 heavy (non-hydrogen) atoms. The summed E-state index contributed by atoms with van der Waals surface area (Å²) < 4.78 is 10.4. The number of carboxylic acids is 1. The molecule has 1 aromatic carbocycles. The average Bonchev–Trinajstić information content (AvgIpc) is 2.82. The molecule has 0 saturated heterocycles. The minimum absolute atomic E-state index is 0.114. The highest BCUT2D eigenvalue weighted by Gasteiger charge is 2.14. The average molecular weight is 278 g/mol. The van der Waals surface area contributed by atoms with Gasteiger partial charge in [0.1, 0.15) is 0 Å². The van der Waals surface area contributed by atoms with Crippen LogP contribution in [0.15, 0.2) is 18.2 Å². The lowest BCUT2D eigenvalue weighted by molar-refractivity contribution is -0.306. The summed E-state index contributed by atoms with van der Waals surface area (Å²) in [5.74, 6) is -0.195. The number of nitrogens with one attached hydrogen (secondary N) is 1. The first kappa shape index (κ1) is 14.2. The van der Waals surface area contributed by atoms with Gasteiger partial charge < -0.3 is 24.7 Å². The van der Waals surface area contributed by atoms with Crippen molar-refractivity contribution in [3.63, 3.8) is 0 Å². The van der Waals surface area contributed by atoms with E-state index < -0.39 is 5.97 Å². The van der Waals surface area contributed by atoms with Gasteiger partial charge in [0.2, 0.25) is 12.7 Å². The first-order valence-electron chi connectivity index (χ1n) is 6.39. The Hall–Kier alpha value is -2.24. The van der Waals surface area contributed by atoms with Crippen molar-refractivity contribution in [2.45, 2.75) is 26.3 Å². The molecule has 0 aliphatic carbocycles. The fourth-order valence-corrected chi connectivity index (χ4v) is 2.00. The van der Waals surface area contributed by atoms with Gasteiger partial charge in [-0.15, -0.1) is 0 Å². The molecule has 0 fully saturated rings. The van der Waals surface area contributed by atoms with Gasteiger partial charge in [-0.3, -0.25) is 4.79 Å². The SMILES string of the molecule is C[C@H](CC(=O)[O-])CC(=O)NCc1ccc2c(c1)OCO2. The smallest absolute Gasteiger partial charge is 0.231 e. The van der Waals surface area contributed by atoms with Crippen LogP contribution in [-0.2, 0) is 16.1 Å². The molecule has 0 aromatic heterocycles. The van der Waals surface area contributed by atoms with Crippen molar-refractivity contribution in [3.8, 4) is 11.5 Å². The predicted octanol–water partition coefficient (Wildman–Crippen LogP) is 0.198. The van der Waals surface area contributed by atoms with Crippen molar-refractivity contribution in [3.05, 3.63) is 23.8 Å². The van der Waals surface area contributed by atoms with Crippen LogP contribution in [0.4, 0.5) is 0 Å². The van der Waals surface area contributed by atoms with Crippen LogP contribution in [0, 0.1) is 5.92 Å². The molecule has 0 unspecified atom stereocenters. The Labute approximate surface area is 116 Å². The number of carbonyl (C=O) groups excluding carboxylic acids is 2. The van der Waals surface area contributed by atoms with E-state index in [2.05, 4.69) is 5.32 Å². The van der Waals surface area contributed by atoms with Crippen molar-refractivity contribution in [1.29, 1.82) is 0 Å². The maximum atomic E-state index is 11.7. The Kier molecular flexibility index (Phi) is 4.45. The lowest BCUT2D eigenvalue weighted by Crippen LogP contribution is -2.28. The summed E-state index contributed by atoms with van der Waals surface area (Å²) in [6.07, 6.45) is 0.0516. The van der Waals surface area contributed by atoms with Crippen molar-refractivity contribution in [2.75, 3.05) is 6.79 Å². The zero-order chi connectivity index (χ0) is 14.5. The van der Waals surface area contributed by atoms with Gasteiger partial charge in [-0.05, 0) is 30.0 Å². The van der Waals surface area contributed by atoms with Crippen LogP contribution in [-0.4, -0.2) is 18.7 Å². The molecule has 1 N–H and O–H groups in total. The Morgan fingerprint density at radius 3 is 2.80 bits per heavy atom. The third-order valence-electron chi connectivity index (χ3n) is 2.98. The van der Waals surface area contributed by atoms with Crippen LogP contribution >= 0.6 is 0 Å². The highest BCUT2D eigenvalue weighted by atomic mass is 16.7. The highest BCUT2D eigenvalue weighted by Crippen LogP contribution is 2.32. The van der Waals surface area contributed by atoms with E-state index in [-0.39, 0.29) is 31.5 Å². The summed E-state index contributed by atoms with van der Waals surface area (Å²) in [5.41, 5.74) is 0.898. The van der Waals surface area contributed by atoms with E-state index in [9.17, 15) is 14.7 Å². The minimum Gasteiger partial charge on any atom is -0.550 e. The summed E-state index contributed by atoms with van der Waals surface area (Å²) >= 11 is 0. The van der Waals surface area contributed by atoms with Crippen molar-refractivity contribution >= 4 is 11.9 Å². The number of hydrogen-bond donors (Lipinski definition) is 1. The normalized spacial score (nSPS) is 13.8. The third kappa shape index (κ3) is 3.88. The van der Waals surface area contributed by atoms with E-state index >= 15 is 0 Å². The quantitative estimate of drug-likeness (QED) is 0.803. The second kappa shape index (κ2) is 6.27. The molecule has 1 amide bonds. The fourth-order valence-electron chi connectivity index (χ4n) is 2.00. The summed E-state index contributed by atoms with van der Waals surface area (Å²) in [4.78, 5) is 22.1. The zero-order valence-electron chi connectivity index (χ0n) is 11.2. The number of carboxylic acid groups (broad SMARTS) is 1. The van der Waals surface area contributed by atoms with Gasteiger partial charge >= 0.3 is 0 Å². The number of rotatable bonds is 6. The van der Waals surface area contributed by atoms with E-state index in [4.69, 9.17) is 9.47 Å². The van der Waals surface area contributed by atoms with Gasteiger partial charge in [-0.2, -0.15) is 0 Å². The molecule has 0 radical (unpaired) electrons. The zero-order valence-corrected chi connectivity index (χ0v) is 11.2. The second-order valence-corrected chi connectivity index (χ2v) is 4.85. The molecule has 108 valence electrons. The first-order chi connectivity index (χ1) is 9.54. The van der Waals surface area contributed by atoms with Crippen LogP contribution < -0.4 is 19.9 Å². The first-order valence-corrected chi connectivity index (χ1v) is 6.39. The molecule has 2 rings (SSSR count). The minimum atomic E-state index is -1.14. The van der Waals surface area contributed by atoms with E-state index in [1.54, 1.807) is 13.0 Å². The molecule has 1 aromatic rings. The molecule has 0 bridgehead atoms. The van der Waals surface area contributed by atoms with E-state index in [1.807, 2.05) is 12.1 Å². The molecule has 0 spiro atoms. The fraction of sp³-hybridized carbons (Fsp3) is 0.429. The standard InChI is InChI=1S/C14H17NO5/c1-9(5-14(17)18)4-13(16)15-7-10-2-3-11-12(6-10)20-8-19-11/h2-3,6,9H,4-5,7-8H2,1H3,(H,15,16)(H,17,18)/p-1/t9-/m0/s1. The Morgan fingerprint density at radius 2 is 2.05 bits per heavy atom. The second-order valence-electron chi connectivity index (χ2n) is 4.85. The number of carbonyl (C=O) groups is 2. The molecule has 6 nitrogen and oxygen atoms in total. The van der Waals surface area contributed by atoms with Gasteiger partial charge in [0.05, 0.1) is 0 Å². The Balaban J connectivity index is 1.80. The largest absolute Gasteiger partial charge is 0.550 e. The van der Waals surface area contributed by atoms with Gasteiger partial charge in [0.25, 0.3) is 0 Å². The molecule has 0 saturated carbocycles. The van der Waals surface area contributed by atoms with Gasteiger partial charge in [-0.25, -0.2) is 0 Å². The van der Waals surface area contributed by atoms with Gasteiger partial charge in [0, 0.05) is 18.9 Å². The molecule has 1 aliphatic rings. The van der Waals surface area contributed by atoms with Crippen LogP contribution in [0.5, 0.6) is 11.5 Å². The maximum Gasteiger partial charge on any atom is 0.231 e.